The maximum atomic E-state index is 12.8. The van der Waals surface area contributed by atoms with Gasteiger partial charge in [-0.1, -0.05) is 48.5 Å². The minimum absolute atomic E-state index is 0.0157. The number of hydrogen-bond acceptors (Lipinski definition) is 4. The van der Waals surface area contributed by atoms with Gasteiger partial charge in [0, 0.05) is 29.1 Å². The zero-order valence-electron chi connectivity index (χ0n) is 18.4. The Hall–Kier alpha value is -4.52. The van der Waals surface area contributed by atoms with Gasteiger partial charge in [-0.2, -0.15) is 0 Å². The first kappa shape index (κ1) is 22.7. The van der Waals surface area contributed by atoms with Crippen molar-refractivity contribution in [2.24, 2.45) is 0 Å². The standard InChI is InChI=1S/C27H22N2O5/c1-16(29-26(32)20-9-5-8-19(14-20)18-6-3-2-4-7-18)24(30)13-17-10-11-23-21(12-17)25(31)22(15-28-23)27(33)34/h2-12,14-16H,13H2,1H3,(H,28,31)(H,29,32)(H,33,34)/t16-/m0/s1. The van der Waals surface area contributed by atoms with Crippen LogP contribution in [0.2, 0.25) is 0 Å². The number of carboxylic acid groups (broad SMARTS) is 1. The van der Waals surface area contributed by atoms with Crippen molar-refractivity contribution < 1.29 is 19.5 Å². The number of aromatic carboxylic acids is 1. The van der Waals surface area contributed by atoms with Gasteiger partial charge in [0.05, 0.1) is 6.04 Å². The molecule has 1 aromatic heterocycles. The minimum Gasteiger partial charge on any atom is -0.477 e. The number of carbonyl (C=O) groups is 3. The summed E-state index contributed by atoms with van der Waals surface area (Å²) in [7, 11) is 0. The van der Waals surface area contributed by atoms with E-state index >= 15 is 0 Å². The molecule has 7 nitrogen and oxygen atoms in total. The van der Waals surface area contributed by atoms with Crippen molar-refractivity contribution in [3.8, 4) is 11.1 Å². The molecule has 0 aliphatic carbocycles. The molecule has 1 amide bonds. The number of aromatic amines is 1. The number of hydrogen-bond donors (Lipinski definition) is 3. The van der Waals surface area contributed by atoms with E-state index in [0.29, 0.717) is 16.6 Å². The third-order valence-electron chi connectivity index (χ3n) is 5.62. The van der Waals surface area contributed by atoms with Gasteiger partial charge in [-0.05, 0) is 47.9 Å². The Bertz CT molecular complexity index is 1460. The fourth-order valence-corrected chi connectivity index (χ4v) is 3.72. The minimum atomic E-state index is -1.32. The highest BCUT2D eigenvalue weighted by molar-refractivity contribution is 5.99. The molecule has 4 rings (SSSR count). The van der Waals surface area contributed by atoms with Crippen molar-refractivity contribution in [2.45, 2.75) is 19.4 Å². The highest BCUT2D eigenvalue weighted by Crippen LogP contribution is 2.20. The fraction of sp³-hybridized carbons (Fsp3) is 0.111. The molecule has 0 unspecified atom stereocenters. The third-order valence-corrected chi connectivity index (χ3v) is 5.62. The molecule has 3 aromatic carbocycles. The number of amides is 1. The molecule has 3 N–H and O–H groups in total. The van der Waals surface area contributed by atoms with Crippen LogP contribution in [0.4, 0.5) is 0 Å². The number of carboxylic acids is 1. The van der Waals surface area contributed by atoms with Gasteiger partial charge in [-0.25, -0.2) is 4.79 Å². The molecule has 0 aliphatic heterocycles. The third kappa shape index (κ3) is 4.78. The molecule has 0 bridgehead atoms. The number of benzene rings is 3. The van der Waals surface area contributed by atoms with Gasteiger partial charge in [0.2, 0.25) is 5.43 Å². The Morgan fingerprint density at radius 1 is 0.941 bits per heavy atom. The first-order valence-corrected chi connectivity index (χ1v) is 10.7. The molecular formula is C27H22N2O5. The number of fused-ring (bicyclic) bond motifs is 1. The molecule has 7 heteroatoms. The van der Waals surface area contributed by atoms with Gasteiger partial charge < -0.3 is 15.4 Å². The average Bonchev–Trinajstić information content (AvgIpc) is 2.85. The van der Waals surface area contributed by atoms with E-state index in [4.69, 9.17) is 5.11 Å². The summed E-state index contributed by atoms with van der Waals surface area (Å²) in [5, 5.41) is 12.1. The molecule has 0 fully saturated rings. The summed E-state index contributed by atoms with van der Waals surface area (Å²) in [4.78, 5) is 52.0. The number of aromatic nitrogens is 1. The highest BCUT2D eigenvalue weighted by atomic mass is 16.4. The normalized spacial score (nSPS) is 11.7. The lowest BCUT2D eigenvalue weighted by Crippen LogP contribution is -2.39. The maximum Gasteiger partial charge on any atom is 0.341 e. The molecule has 0 radical (unpaired) electrons. The molecule has 34 heavy (non-hydrogen) atoms. The first-order chi connectivity index (χ1) is 16.3. The lowest BCUT2D eigenvalue weighted by molar-refractivity contribution is -0.119. The SMILES string of the molecule is C[C@H](NC(=O)c1cccc(-c2ccccc2)c1)C(=O)Cc1ccc2[nH]cc(C(=O)O)c(=O)c2c1. The number of carbonyl (C=O) groups excluding carboxylic acids is 2. The van der Waals surface area contributed by atoms with Gasteiger partial charge in [0.1, 0.15) is 5.56 Å². The van der Waals surface area contributed by atoms with Crippen LogP contribution < -0.4 is 10.7 Å². The highest BCUT2D eigenvalue weighted by Gasteiger charge is 2.18. The van der Waals surface area contributed by atoms with Crippen molar-refractivity contribution in [1.29, 1.82) is 0 Å². The van der Waals surface area contributed by atoms with E-state index in [0.717, 1.165) is 17.3 Å². The largest absolute Gasteiger partial charge is 0.477 e. The van der Waals surface area contributed by atoms with Crippen molar-refractivity contribution in [3.63, 3.8) is 0 Å². The van der Waals surface area contributed by atoms with Crippen LogP contribution in [0.5, 0.6) is 0 Å². The van der Waals surface area contributed by atoms with E-state index in [-0.39, 0.29) is 29.1 Å². The van der Waals surface area contributed by atoms with Gasteiger partial charge >= 0.3 is 5.97 Å². The quantitative estimate of drug-likeness (QED) is 0.393. The zero-order valence-corrected chi connectivity index (χ0v) is 18.4. The molecular weight excluding hydrogens is 432 g/mol. The lowest BCUT2D eigenvalue weighted by Gasteiger charge is -2.14. The van der Waals surface area contributed by atoms with E-state index in [1.54, 1.807) is 37.3 Å². The predicted molar refractivity (Wildman–Crippen MR) is 129 cm³/mol. The predicted octanol–water partition coefficient (Wildman–Crippen LogP) is 3.82. The Morgan fingerprint density at radius 2 is 1.68 bits per heavy atom. The summed E-state index contributed by atoms with van der Waals surface area (Å²) in [5.74, 6) is -1.92. The van der Waals surface area contributed by atoms with Crippen LogP contribution in [0.1, 0.15) is 33.2 Å². The molecule has 0 spiro atoms. The van der Waals surface area contributed by atoms with Gasteiger partial charge in [0.15, 0.2) is 5.78 Å². The zero-order chi connectivity index (χ0) is 24.2. The summed E-state index contributed by atoms with van der Waals surface area (Å²) in [5.41, 5.74) is 2.38. The smallest absolute Gasteiger partial charge is 0.341 e. The molecule has 1 heterocycles. The van der Waals surface area contributed by atoms with Crippen LogP contribution in [0.25, 0.3) is 22.0 Å². The molecule has 170 valence electrons. The van der Waals surface area contributed by atoms with E-state index in [9.17, 15) is 19.2 Å². The number of rotatable bonds is 7. The van der Waals surface area contributed by atoms with Crippen LogP contribution >= 0.6 is 0 Å². The van der Waals surface area contributed by atoms with Gasteiger partial charge in [0.25, 0.3) is 5.91 Å². The van der Waals surface area contributed by atoms with Gasteiger partial charge in [-0.3, -0.25) is 14.4 Å². The van der Waals surface area contributed by atoms with E-state index < -0.39 is 17.4 Å². The molecule has 1 atom stereocenters. The van der Waals surface area contributed by atoms with E-state index in [2.05, 4.69) is 10.3 Å². The van der Waals surface area contributed by atoms with Crippen LogP contribution in [-0.4, -0.2) is 33.8 Å². The summed E-state index contributed by atoms with van der Waals surface area (Å²) >= 11 is 0. The number of ketones is 1. The summed E-state index contributed by atoms with van der Waals surface area (Å²) in [6.45, 7) is 1.61. The van der Waals surface area contributed by atoms with Crippen molar-refractivity contribution in [2.75, 3.05) is 0 Å². The Kier molecular flexibility index (Phi) is 6.36. The average molecular weight is 454 g/mol. The van der Waals surface area contributed by atoms with E-state index in [1.165, 1.54) is 6.07 Å². The second-order valence-electron chi connectivity index (χ2n) is 8.00. The number of nitrogens with one attached hydrogen (secondary N) is 2. The summed E-state index contributed by atoms with van der Waals surface area (Å²) in [6.07, 6.45) is 1.14. The lowest BCUT2D eigenvalue weighted by atomic mass is 10.0. The Labute approximate surface area is 195 Å². The first-order valence-electron chi connectivity index (χ1n) is 10.7. The second-order valence-corrected chi connectivity index (χ2v) is 8.00. The van der Waals surface area contributed by atoms with Crippen LogP contribution in [0.3, 0.4) is 0 Å². The monoisotopic (exact) mass is 454 g/mol. The van der Waals surface area contributed by atoms with Crippen LogP contribution in [-0.2, 0) is 11.2 Å². The van der Waals surface area contributed by atoms with Crippen LogP contribution in [0.15, 0.2) is 83.8 Å². The molecule has 0 aliphatic rings. The second kappa shape index (κ2) is 9.54. The van der Waals surface area contributed by atoms with Crippen LogP contribution in [0, 0.1) is 0 Å². The van der Waals surface area contributed by atoms with E-state index in [1.807, 2.05) is 36.4 Å². The molecule has 0 saturated carbocycles. The Morgan fingerprint density at radius 3 is 2.41 bits per heavy atom. The van der Waals surface area contributed by atoms with Crippen molar-refractivity contribution in [1.82, 2.24) is 10.3 Å². The topological polar surface area (TPSA) is 116 Å². The molecule has 0 saturated heterocycles. The molecule has 4 aromatic rings. The summed E-state index contributed by atoms with van der Waals surface area (Å²) in [6, 6.07) is 20.9. The number of Topliss-reactive ketones (excluding diaryl/α,β-unsaturated/α-hetero) is 1. The fourth-order valence-electron chi connectivity index (χ4n) is 3.72. The number of pyridine rings is 1. The summed E-state index contributed by atoms with van der Waals surface area (Å²) < 4.78 is 0. The Balaban J connectivity index is 1.47. The maximum absolute atomic E-state index is 12.8. The number of H-pyrrole nitrogens is 1. The van der Waals surface area contributed by atoms with Crippen molar-refractivity contribution >= 4 is 28.6 Å². The van der Waals surface area contributed by atoms with Crippen molar-refractivity contribution in [3.05, 3.63) is 106 Å². The van der Waals surface area contributed by atoms with Gasteiger partial charge in [-0.15, -0.1) is 0 Å².